The monoisotopic (exact) mass is 325 g/mol. The molecule has 0 aromatic carbocycles. The van der Waals surface area contributed by atoms with E-state index in [4.69, 9.17) is 19.5 Å². The van der Waals surface area contributed by atoms with E-state index in [1.54, 1.807) is 24.4 Å². The molecule has 7 nitrogen and oxygen atoms in total. The van der Waals surface area contributed by atoms with E-state index < -0.39 is 6.10 Å². The molecule has 0 bridgehead atoms. The highest BCUT2D eigenvalue weighted by atomic mass is 16.6. The third kappa shape index (κ3) is 2.71. The quantitative estimate of drug-likeness (QED) is 0.896. The van der Waals surface area contributed by atoms with Gasteiger partial charge in [0.15, 0.2) is 6.10 Å². The lowest BCUT2D eigenvalue weighted by Gasteiger charge is -2.17. The molecule has 4 atom stereocenters. The number of aliphatic hydroxyl groups is 1. The topological polar surface area (TPSA) is 97.5 Å². The average molecular weight is 325 g/mol. The number of hydrogen-bond acceptors (Lipinski definition) is 7. The maximum Gasteiger partial charge on any atom is 0.213 e. The summed E-state index contributed by atoms with van der Waals surface area (Å²) in [5.74, 6) is 0.464. The van der Waals surface area contributed by atoms with Crippen LogP contribution in [0.15, 0.2) is 36.7 Å². The van der Waals surface area contributed by atoms with Gasteiger partial charge in [0.25, 0.3) is 0 Å². The standard InChI is InChI=1S/C17H15N3O4/c18-5-10-1-3-12(19-6-10)11-2-4-15(20-7-11)24-14-9-23-16-13(21)8-22-17(14)16/h1-4,6-7,13-14,16-17,21H,8-9H2/t13-,14+,16?,17-/m1/s1. The van der Waals surface area contributed by atoms with Crippen LogP contribution in [0.4, 0.5) is 0 Å². The smallest absolute Gasteiger partial charge is 0.213 e. The van der Waals surface area contributed by atoms with Gasteiger partial charge in [-0.2, -0.15) is 5.26 Å². The normalized spacial score (nSPS) is 28.3. The fourth-order valence-corrected chi connectivity index (χ4v) is 2.93. The van der Waals surface area contributed by atoms with Crippen molar-refractivity contribution in [3.8, 4) is 23.2 Å². The van der Waals surface area contributed by atoms with Crippen LogP contribution in [-0.4, -0.2) is 52.7 Å². The van der Waals surface area contributed by atoms with E-state index >= 15 is 0 Å². The van der Waals surface area contributed by atoms with Crippen molar-refractivity contribution in [3.63, 3.8) is 0 Å². The zero-order chi connectivity index (χ0) is 16.5. The lowest BCUT2D eigenvalue weighted by atomic mass is 10.1. The molecule has 1 unspecified atom stereocenters. The predicted molar refractivity (Wildman–Crippen MR) is 82.1 cm³/mol. The van der Waals surface area contributed by atoms with Gasteiger partial charge in [-0.05, 0) is 18.2 Å². The Bertz CT molecular complexity index is 757. The van der Waals surface area contributed by atoms with Crippen molar-refractivity contribution in [2.45, 2.75) is 24.4 Å². The van der Waals surface area contributed by atoms with Crippen molar-refractivity contribution < 1.29 is 19.3 Å². The Morgan fingerprint density at radius 1 is 1.08 bits per heavy atom. The molecule has 2 aromatic heterocycles. The molecule has 0 aliphatic carbocycles. The first kappa shape index (κ1) is 15.0. The van der Waals surface area contributed by atoms with Crippen molar-refractivity contribution in [2.24, 2.45) is 0 Å². The van der Waals surface area contributed by atoms with E-state index in [0.29, 0.717) is 18.1 Å². The summed E-state index contributed by atoms with van der Waals surface area (Å²) >= 11 is 0. The number of aliphatic hydroxyl groups excluding tert-OH is 1. The number of rotatable bonds is 3. The number of ether oxygens (including phenoxy) is 3. The molecule has 2 aliphatic heterocycles. The van der Waals surface area contributed by atoms with Crippen LogP contribution in [0.5, 0.6) is 5.88 Å². The minimum absolute atomic E-state index is 0.262. The number of fused-ring (bicyclic) bond motifs is 1. The highest BCUT2D eigenvalue weighted by molar-refractivity contribution is 5.58. The van der Waals surface area contributed by atoms with Crippen molar-refractivity contribution in [3.05, 3.63) is 42.2 Å². The number of nitriles is 1. The zero-order valence-electron chi connectivity index (χ0n) is 12.7. The summed E-state index contributed by atoms with van der Waals surface area (Å²) in [6.45, 7) is 0.638. The summed E-state index contributed by atoms with van der Waals surface area (Å²) in [7, 11) is 0. The van der Waals surface area contributed by atoms with Crippen molar-refractivity contribution >= 4 is 0 Å². The largest absolute Gasteiger partial charge is 0.469 e. The molecule has 0 amide bonds. The van der Waals surface area contributed by atoms with Crippen molar-refractivity contribution in [1.82, 2.24) is 9.97 Å². The van der Waals surface area contributed by atoms with E-state index in [2.05, 4.69) is 9.97 Å². The number of hydrogen-bond donors (Lipinski definition) is 1. The van der Waals surface area contributed by atoms with E-state index in [1.165, 1.54) is 6.20 Å². The molecule has 4 rings (SSSR count). The molecule has 0 saturated carbocycles. The lowest BCUT2D eigenvalue weighted by Crippen LogP contribution is -2.34. The van der Waals surface area contributed by atoms with Gasteiger partial charge in [-0.15, -0.1) is 0 Å². The second kappa shape index (κ2) is 6.17. The Morgan fingerprint density at radius 2 is 1.96 bits per heavy atom. The predicted octanol–water partition coefficient (Wildman–Crippen LogP) is 0.921. The number of pyridine rings is 2. The fraction of sp³-hybridized carbons (Fsp3) is 0.353. The third-order valence-corrected chi connectivity index (χ3v) is 4.18. The minimum Gasteiger partial charge on any atom is -0.469 e. The summed E-state index contributed by atoms with van der Waals surface area (Å²) < 4.78 is 16.9. The van der Waals surface area contributed by atoms with Gasteiger partial charge in [-0.25, -0.2) is 4.98 Å². The van der Waals surface area contributed by atoms with Gasteiger partial charge < -0.3 is 19.3 Å². The molecule has 1 N–H and O–H groups in total. The molecule has 2 aliphatic rings. The molecule has 122 valence electrons. The fourth-order valence-electron chi connectivity index (χ4n) is 2.93. The summed E-state index contributed by atoms with van der Waals surface area (Å²) in [5.41, 5.74) is 2.08. The summed E-state index contributed by atoms with van der Waals surface area (Å²) in [6, 6.07) is 9.14. The van der Waals surface area contributed by atoms with Crippen LogP contribution in [-0.2, 0) is 9.47 Å². The second-order valence-corrected chi connectivity index (χ2v) is 5.75. The molecular formula is C17H15N3O4. The Morgan fingerprint density at radius 3 is 2.67 bits per heavy atom. The maximum atomic E-state index is 9.73. The number of nitrogens with zero attached hydrogens (tertiary/aromatic N) is 3. The van der Waals surface area contributed by atoms with Gasteiger partial charge in [0.2, 0.25) is 5.88 Å². The van der Waals surface area contributed by atoms with E-state index in [9.17, 15) is 5.11 Å². The van der Waals surface area contributed by atoms with Crippen molar-refractivity contribution in [1.29, 1.82) is 5.26 Å². The van der Waals surface area contributed by atoms with E-state index in [-0.39, 0.29) is 24.9 Å². The first-order valence-corrected chi connectivity index (χ1v) is 7.65. The van der Waals surface area contributed by atoms with Gasteiger partial charge in [-0.1, -0.05) is 0 Å². The van der Waals surface area contributed by atoms with Gasteiger partial charge >= 0.3 is 0 Å². The highest BCUT2D eigenvalue weighted by Gasteiger charge is 2.48. The first-order chi connectivity index (χ1) is 11.7. The average Bonchev–Trinajstić information content (AvgIpc) is 3.19. The van der Waals surface area contributed by atoms with E-state index in [1.807, 2.05) is 12.1 Å². The van der Waals surface area contributed by atoms with Gasteiger partial charge in [0.05, 0.1) is 24.5 Å². The lowest BCUT2D eigenvalue weighted by molar-refractivity contribution is 0.00780. The van der Waals surface area contributed by atoms with Gasteiger partial charge in [0.1, 0.15) is 24.4 Å². The zero-order valence-corrected chi connectivity index (χ0v) is 12.7. The molecule has 2 saturated heterocycles. The first-order valence-electron chi connectivity index (χ1n) is 7.65. The van der Waals surface area contributed by atoms with Crippen LogP contribution in [0.1, 0.15) is 5.56 Å². The summed E-state index contributed by atoms with van der Waals surface area (Å²) in [4.78, 5) is 8.53. The van der Waals surface area contributed by atoms with Crippen LogP contribution < -0.4 is 4.74 Å². The van der Waals surface area contributed by atoms with Crippen molar-refractivity contribution in [2.75, 3.05) is 13.2 Å². The van der Waals surface area contributed by atoms with Crippen LogP contribution in [0.3, 0.4) is 0 Å². The van der Waals surface area contributed by atoms with Crippen LogP contribution in [0, 0.1) is 11.3 Å². The minimum atomic E-state index is -0.596. The molecule has 2 fully saturated rings. The third-order valence-electron chi connectivity index (χ3n) is 4.18. The van der Waals surface area contributed by atoms with E-state index in [0.717, 1.165) is 11.3 Å². The van der Waals surface area contributed by atoms with Crippen LogP contribution in [0.25, 0.3) is 11.3 Å². The van der Waals surface area contributed by atoms with Gasteiger partial charge in [0, 0.05) is 24.0 Å². The Balaban J connectivity index is 1.45. The van der Waals surface area contributed by atoms with Crippen LogP contribution >= 0.6 is 0 Å². The second-order valence-electron chi connectivity index (χ2n) is 5.75. The van der Waals surface area contributed by atoms with Gasteiger partial charge in [-0.3, -0.25) is 4.98 Å². The molecule has 24 heavy (non-hydrogen) atoms. The van der Waals surface area contributed by atoms with Crippen LogP contribution in [0.2, 0.25) is 0 Å². The SMILES string of the molecule is N#Cc1ccc(-c2ccc(O[C@H]3COC4[C@H](O)CO[C@@H]43)nc2)nc1. The number of aromatic nitrogens is 2. The molecule has 0 spiro atoms. The molecule has 2 aromatic rings. The Hall–Kier alpha value is -2.53. The Labute approximate surface area is 138 Å². The molecule has 7 heteroatoms. The molecular weight excluding hydrogens is 310 g/mol. The Kier molecular flexibility index (Phi) is 3.86. The summed E-state index contributed by atoms with van der Waals surface area (Å²) in [6.07, 6.45) is 1.73. The summed E-state index contributed by atoms with van der Waals surface area (Å²) in [5, 5.41) is 18.5. The molecule has 4 heterocycles. The highest BCUT2D eigenvalue weighted by Crippen LogP contribution is 2.29. The maximum absolute atomic E-state index is 9.73. The molecule has 0 radical (unpaired) electrons.